The Hall–Kier alpha value is -0.150. The Labute approximate surface area is 136 Å². The number of hydrogen-bond acceptors (Lipinski definition) is 1. The van der Waals surface area contributed by atoms with E-state index in [0.29, 0.717) is 13.4 Å². The van der Waals surface area contributed by atoms with Crippen molar-refractivity contribution in [1.29, 1.82) is 0 Å². The third-order valence-corrected chi connectivity index (χ3v) is 6.12. The van der Waals surface area contributed by atoms with Gasteiger partial charge in [-0.25, -0.2) is 0 Å². The van der Waals surface area contributed by atoms with Crippen LogP contribution in [0.15, 0.2) is 25.6 Å². The van der Waals surface area contributed by atoms with E-state index in [1.54, 1.807) is 0 Å². The number of amides is 1. The molecule has 0 radical (unpaired) electrons. The zero-order chi connectivity index (χ0) is 15.3. The number of rotatable bonds is 2. The van der Waals surface area contributed by atoms with Gasteiger partial charge in [0.15, 0.2) is 0 Å². The van der Waals surface area contributed by atoms with Gasteiger partial charge < -0.3 is 5.32 Å². The molecule has 2 nitrogen and oxygen atoms in total. The van der Waals surface area contributed by atoms with Gasteiger partial charge in [0.1, 0.15) is 5.92 Å². The molecule has 0 heterocycles. The smallest absolute Gasteiger partial charge is 0.321 e. The zero-order valence-electron chi connectivity index (χ0n) is 9.49. The van der Waals surface area contributed by atoms with Crippen LogP contribution in [-0.2, 0) is 4.79 Å². The molecule has 0 saturated heterocycles. The molecule has 0 aliphatic heterocycles. The molecule has 1 aromatic carbocycles. The second kappa shape index (κ2) is 5.24. The Kier molecular flexibility index (Phi) is 4.25. The van der Waals surface area contributed by atoms with Crippen LogP contribution < -0.4 is 5.32 Å². The number of halogens is 7. The van der Waals surface area contributed by atoms with Gasteiger partial charge in [0.25, 0.3) is 0 Å². The van der Waals surface area contributed by atoms with Crippen molar-refractivity contribution in [1.82, 2.24) is 0 Å². The van der Waals surface area contributed by atoms with E-state index < -0.39 is 30.1 Å². The second-order valence-corrected chi connectivity index (χ2v) is 6.83. The molecule has 20 heavy (non-hydrogen) atoms. The first-order chi connectivity index (χ1) is 9.06. The molecule has 1 fully saturated rings. The van der Waals surface area contributed by atoms with Crippen molar-refractivity contribution in [3.8, 4) is 0 Å². The van der Waals surface area contributed by atoms with E-state index in [0.717, 1.165) is 0 Å². The van der Waals surface area contributed by atoms with Gasteiger partial charge in [-0.2, -0.15) is 17.6 Å². The Morgan fingerprint density at radius 2 is 1.65 bits per heavy atom. The lowest BCUT2D eigenvalue weighted by Gasteiger charge is -2.42. The van der Waals surface area contributed by atoms with Crippen molar-refractivity contribution in [3.05, 3.63) is 25.6 Å². The van der Waals surface area contributed by atoms with E-state index in [1.165, 1.54) is 12.1 Å². The van der Waals surface area contributed by atoms with E-state index in [1.807, 2.05) is 0 Å². The first-order valence-electron chi connectivity index (χ1n) is 5.27. The van der Waals surface area contributed by atoms with Crippen LogP contribution in [0.25, 0.3) is 0 Å². The molecule has 0 unspecified atom stereocenters. The highest BCUT2D eigenvalue weighted by molar-refractivity contribution is 9.14. The molecule has 1 aliphatic carbocycles. The highest BCUT2D eigenvalue weighted by Crippen LogP contribution is 2.55. The van der Waals surface area contributed by atoms with Gasteiger partial charge in [0.05, 0.1) is 0 Å². The molecule has 0 spiro atoms. The monoisotopic (exact) mass is 481 g/mol. The zero-order valence-corrected chi connectivity index (χ0v) is 14.3. The Morgan fingerprint density at radius 3 is 2.05 bits per heavy atom. The summed E-state index contributed by atoms with van der Waals surface area (Å²) in [7, 11) is 0. The number of carbonyl (C=O) groups is 1. The van der Waals surface area contributed by atoms with Crippen molar-refractivity contribution in [2.24, 2.45) is 5.92 Å². The quantitative estimate of drug-likeness (QED) is 0.454. The minimum atomic E-state index is -4.30. The van der Waals surface area contributed by atoms with Gasteiger partial charge in [-0.1, -0.05) is 0 Å². The molecule has 0 bridgehead atoms. The molecular formula is C11H6Br3F4NO. The molecule has 110 valence electrons. The fourth-order valence-corrected chi connectivity index (χ4v) is 3.17. The van der Waals surface area contributed by atoms with E-state index >= 15 is 0 Å². The lowest BCUT2D eigenvalue weighted by molar-refractivity contribution is -0.303. The fourth-order valence-electron chi connectivity index (χ4n) is 1.76. The maximum atomic E-state index is 13.1. The van der Waals surface area contributed by atoms with Crippen LogP contribution in [0, 0.1) is 5.92 Å². The van der Waals surface area contributed by atoms with E-state index in [4.69, 9.17) is 0 Å². The maximum Gasteiger partial charge on any atom is 0.321 e. The van der Waals surface area contributed by atoms with Crippen LogP contribution >= 0.6 is 47.8 Å². The number of nitrogens with one attached hydrogen (secondary N) is 1. The summed E-state index contributed by atoms with van der Waals surface area (Å²) in [5.74, 6) is -11.6. The Bertz CT molecular complexity index is 556. The lowest BCUT2D eigenvalue weighted by Crippen LogP contribution is -2.62. The van der Waals surface area contributed by atoms with Crippen LogP contribution in [-0.4, -0.2) is 17.8 Å². The van der Waals surface area contributed by atoms with Crippen LogP contribution in [0.1, 0.15) is 6.42 Å². The Morgan fingerprint density at radius 1 is 1.15 bits per heavy atom. The summed E-state index contributed by atoms with van der Waals surface area (Å²) in [6, 6.07) is 2.95. The number of hydrogen-bond donors (Lipinski definition) is 1. The minimum absolute atomic E-state index is 0.225. The standard InChI is InChI=1S/C11H6Br3F4NO/c12-6-1-4(2-7(13)8(6)14)19-9(20)5-3-10(15,16)11(5,17)18/h1-2,5H,3H2,(H,19,20)/t5-/m0/s1. The predicted octanol–water partition coefficient (Wildman–Crippen LogP) is 5.20. The molecule has 1 aromatic rings. The molecule has 1 aliphatic rings. The number of alkyl halides is 4. The van der Waals surface area contributed by atoms with E-state index in [9.17, 15) is 22.4 Å². The van der Waals surface area contributed by atoms with Gasteiger partial charge in [-0.3, -0.25) is 4.79 Å². The van der Waals surface area contributed by atoms with Crippen molar-refractivity contribution in [2.75, 3.05) is 5.32 Å². The van der Waals surface area contributed by atoms with Gasteiger partial charge in [0, 0.05) is 25.5 Å². The van der Waals surface area contributed by atoms with Crippen LogP contribution in [0.2, 0.25) is 0 Å². The van der Waals surface area contributed by atoms with Gasteiger partial charge in [-0.15, -0.1) is 0 Å². The third kappa shape index (κ3) is 2.64. The van der Waals surface area contributed by atoms with Crippen molar-refractivity contribution >= 4 is 59.4 Å². The summed E-state index contributed by atoms with van der Waals surface area (Å²) in [5.41, 5.74) is 0.225. The summed E-state index contributed by atoms with van der Waals surface area (Å²) in [6.07, 6.45) is -1.15. The van der Waals surface area contributed by atoms with Gasteiger partial charge in [0.2, 0.25) is 5.91 Å². The topological polar surface area (TPSA) is 29.1 Å². The Balaban J connectivity index is 2.14. The number of anilines is 1. The maximum absolute atomic E-state index is 13.1. The van der Waals surface area contributed by atoms with E-state index in [-0.39, 0.29) is 5.69 Å². The lowest BCUT2D eigenvalue weighted by atomic mass is 9.76. The average Bonchev–Trinajstić information content (AvgIpc) is 2.32. The average molecular weight is 484 g/mol. The van der Waals surface area contributed by atoms with Crippen LogP contribution in [0.4, 0.5) is 23.2 Å². The van der Waals surface area contributed by atoms with Crippen LogP contribution in [0.3, 0.4) is 0 Å². The normalized spacial score (nSPS) is 23.1. The molecule has 1 N–H and O–H groups in total. The number of benzene rings is 1. The van der Waals surface area contributed by atoms with Crippen molar-refractivity contribution in [2.45, 2.75) is 18.3 Å². The molecular weight excluding hydrogens is 478 g/mol. The summed E-state index contributed by atoms with van der Waals surface area (Å²) in [6.45, 7) is 0. The fraction of sp³-hybridized carbons (Fsp3) is 0.364. The molecule has 1 saturated carbocycles. The van der Waals surface area contributed by atoms with Crippen molar-refractivity contribution in [3.63, 3.8) is 0 Å². The summed E-state index contributed by atoms with van der Waals surface area (Å²) in [5, 5.41) is 2.21. The van der Waals surface area contributed by atoms with Crippen LogP contribution in [0.5, 0.6) is 0 Å². The van der Waals surface area contributed by atoms with Gasteiger partial charge >= 0.3 is 11.8 Å². The molecule has 1 amide bonds. The number of carbonyl (C=O) groups excluding carboxylic acids is 1. The highest BCUT2D eigenvalue weighted by Gasteiger charge is 2.74. The molecule has 1 atom stereocenters. The summed E-state index contributed by atoms with van der Waals surface area (Å²) < 4.78 is 53.5. The van der Waals surface area contributed by atoms with Gasteiger partial charge in [-0.05, 0) is 59.9 Å². The third-order valence-electron chi connectivity index (χ3n) is 2.95. The first kappa shape index (κ1) is 16.2. The SMILES string of the molecule is O=C(Nc1cc(Br)c(Br)c(Br)c1)[C@@H]1CC(F)(F)C1(F)F. The second-order valence-electron chi connectivity index (χ2n) is 4.33. The van der Waals surface area contributed by atoms with E-state index in [2.05, 4.69) is 53.1 Å². The highest BCUT2D eigenvalue weighted by atomic mass is 79.9. The summed E-state index contributed by atoms with van der Waals surface area (Å²) in [4.78, 5) is 11.6. The summed E-state index contributed by atoms with van der Waals surface area (Å²) >= 11 is 9.64. The molecule has 0 aromatic heterocycles. The minimum Gasteiger partial charge on any atom is -0.326 e. The molecule has 2 rings (SSSR count). The first-order valence-corrected chi connectivity index (χ1v) is 7.65. The van der Waals surface area contributed by atoms with Crippen molar-refractivity contribution < 1.29 is 22.4 Å². The molecule has 9 heteroatoms. The predicted molar refractivity (Wildman–Crippen MR) is 76.2 cm³/mol. The largest absolute Gasteiger partial charge is 0.326 e.